The molecule has 1 aromatic heterocycles. The van der Waals surface area contributed by atoms with E-state index >= 15 is 0 Å². The van der Waals surface area contributed by atoms with Crippen molar-refractivity contribution >= 4 is 11.3 Å². The Morgan fingerprint density at radius 1 is 1.48 bits per heavy atom. The largest absolute Gasteiger partial charge is 0.381 e. The molecule has 3 nitrogen and oxygen atoms in total. The second kappa shape index (κ2) is 7.23. The van der Waals surface area contributed by atoms with Crippen LogP contribution in [0.4, 0.5) is 0 Å². The van der Waals surface area contributed by atoms with Gasteiger partial charge in [0, 0.05) is 42.6 Å². The Kier molecular flexibility index (Phi) is 5.33. The normalized spacial score (nSPS) is 25.8. The van der Waals surface area contributed by atoms with Crippen molar-refractivity contribution in [2.75, 3.05) is 32.8 Å². The molecular weight excluding hydrogens is 280 g/mol. The summed E-state index contributed by atoms with van der Waals surface area (Å²) in [4.78, 5) is 4.21. The third-order valence-corrected chi connectivity index (χ3v) is 5.51. The first-order chi connectivity index (χ1) is 10.3. The van der Waals surface area contributed by atoms with Gasteiger partial charge in [-0.25, -0.2) is 0 Å². The van der Waals surface area contributed by atoms with Crippen LogP contribution >= 0.6 is 11.3 Å². The lowest BCUT2D eigenvalue weighted by Crippen LogP contribution is -2.45. The standard InChI is InChI=1S/C17H28N2OS/c1-2-8-18-12-17(7-9-20-14-17)13-19(15-5-6-15)11-16-4-3-10-21-16/h3-4,10,15,18H,2,5-9,11-14H2,1H3. The number of nitrogens with zero attached hydrogens (tertiary/aromatic N) is 1. The molecule has 0 amide bonds. The molecule has 1 saturated carbocycles. The van der Waals surface area contributed by atoms with E-state index in [4.69, 9.17) is 4.74 Å². The summed E-state index contributed by atoms with van der Waals surface area (Å²) < 4.78 is 5.76. The maximum absolute atomic E-state index is 5.76. The van der Waals surface area contributed by atoms with Gasteiger partial charge in [0.15, 0.2) is 0 Å². The van der Waals surface area contributed by atoms with Gasteiger partial charge in [-0.15, -0.1) is 11.3 Å². The number of rotatable bonds is 9. The first-order valence-corrected chi connectivity index (χ1v) is 9.24. The molecule has 118 valence electrons. The van der Waals surface area contributed by atoms with Gasteiger partial charge < -0.3 is 10.1 Å². The lowest BCUT2D eigenvalue weighted by atomic mass is 9.86. The minimum Gasteiger partial charge on any atom is -0.381 e. The zero-order valence-corrected chi connectivity index (χ0v) is 14.0. The summed E-state index contributed by atoms with van der Waals surface area (Å²) in [5.41, 5.74) is 0.328. The zero-order valence-electron chi connectivity index (χ0n) is 13.1. The highest BCUT2D eigenvalue weighted by atomic mass is 32.1. The predicted octanol–water partition coefficient (Wildman–Crippen LogP) is 3.12. The Morgan fingerprint density at radius 2 is 2.38 bits per heavy atom. The van der Waals surface area contributed by atoms with E-state index in [9.17, 15) is 0 Å². The Bertz CT molecular complexity index is 410. The van der Waals surface area contributed by atoms with Gasteiger partial charge in [0.1, 0.15) is 0 Å². The molecule has 1 N–H and O–H groups in total. The Labute approximate surface area is 132 Å². The smallest absolute Gasteiger partial charge is 0.0547 e. The van der Waals surface area contributed by atoms with E-state index in [1.165, 1.54) is 37.1 Å². The molecule has 0 aromatic carbocycles. The lowest BCUT2D eigenvalue weighted by Gasteiger charge is -2.34. The molecule has 4 heteroatoms. The first kappa shape index (κ1) is 15.5. The topological polar surface area (TPSA) is 24.5 Å². The molecule has 1 aromatic rings. The molecule has 3 rings (SSSR count). The minimum absolute atomic E-state index is 0.328. The Morgan fingerprint density at radius 3 is 3.00 bits per heavy atom. The molecule has 0 spiro atoms. The summed E-state index contributed by atoms with van der Waals surface area (Å²) in [6, 6.07) is 5.26. The van der Waals surface area contributed by atoms with Gasteiger partial charge in [-0.2, -0.15) is 0 Å². The van der Waals surface area contributed by atoms with Crippen LogP contribution in [0, 0.1) is 5.41 Å². The van der Waals surface area contributed by atoms with E-state index < -0.39 is 0 Å². The molecule has 1 atom stereocenters. The fourth-order valence-corrected chi connectivity index (χ4v) is 4.02. The van der Waals surface area contributed by atoms with E-state index in [-0.39, 0.29) is 0 Å². The Hall–Kier alpha value is -0.420. The Balaban J connectivity index is 1.61. The van der Waals surface area contributed by atoms with Crippen LogP contribution in [0.3, 0.4) is 0 Å². The van der Waals surface area contributed by atoms with Crippen molar-refractivity contribution in [3.05, 3.63) is 22.4 Å². The molecular formula is C17H28N2OS. The highest BCUT2D eigenvalue weighted by molar-refractivity contribution is 7.09. The van der Waals surface area contributed by atoms with Gasteiger partial charge >= 0.3 is 0 Å². The minimum atomic E-state index is 0.328. The number of hydrogen-bond acceptors (Lipinski definition) is 4. The summed E-state index contributed by atoms with van der Waals surface area (Å²) >= 11 is 1.89. The molecule has 1 saturated heterocycles. The van der Waals surface area contributed by atoms with Crippen LogP contribution in [0.1, 0.15) is 37.5 Å². The molecule has 1 unspecified atom stereocenters. The van der Waals surface area contributed by atoms with E-state index in [2.05, 4.69) is 34.7 Å². The third kappa shape index (κ3) is 4.28. The van der Waals surface area contributed by atoms with Crippen molar-refractivity contribution in [2.45, 2.75) is 45.2 Å². The van der Waals surface area contributed by atoms with Gasteiger partial charge in [0.05, 0.1) is 6.61 Å². The van der Waals surface area contributed by atoms with E-state index in [1.807, 2.05) is 11.3 Å². The van der Waals surface area contributed by atoms with Gasteiger partial charge in [0.2, 0.25) is 0 Å². The third-order valence-electron chi connectivity index (χ3n) is 4.65. The maximum atomic E-state index is 5.76. The maximum Gasteiger partial charge on any atom is 0.0547 e. The lowest BCUT2D eigenvalue weighted by molar-refractivity contribution is 0.101. The van der Waals surface area contributed by atoms with E-state index in [0.717, 1.165) is 38.9 Å². The molecule has 2 heterocycles. The van der Waals surface area contributed by atoms with Crippen LogP contribution in [0.2, 0.25) is 0 Å². The average molecular weight is 308 g/mol. The highest BCUT2D eigenvalue weighted by Crippen LogP contribution is 2.35. The molecule has 1 aliphatic carbocycles. The van der Waals surface area contributed by atoms with Crippen LogP contribution < -0.4 is 5.32 Å². The molecule has 0 bridgehead atoms. The van der Waals surface area contributed by atoms with Crippen LogP contribution in [0.5, 0.6) is 0 Å². The predicted molar refractivity (Wildman–Crippen MR) is 88.8 cm³/mol. The monoisotopic (exact) mass is 308 g/mol. The van der Waals surface area contributed by atoms with Crippen LogP contribution in [-0.2, 0) is 11.3 Å². The number of hydrogen-bond donors (Lipinski definition) is 1. The summed E-state index contributed by atoms with van der Waals surface area (Å²) in [7, 11) is 0. The molecule has 2 fully saturated rings. The van der Waals surface area contributed by atoms with Gasteiger partial charge in [-0.3, -0.25) is 4.90 Å². The van der Waals surface area contributed by atoms with Crippen molar-refractivity contribution in [1.82, 2.24) is 10.2 Å². The van der Waals surface area contributed by atoms with Gasteiger partial charge in [-0.05, 0) is 43.7 Å². The van der Waals surface area contributed by atoms with Crippen molar-refractivity contribution < 1.29 is 4.74 Å². The van der Waals surface area contributed by atoms with E-state index in [1.54, 1.807) is 0 Å². The molecule has 1 aliphatic heterocycles. The van der Waals surface area contributed by atoms with Crippen molar-refractivity contribution in [3.63, 3.8) is 0 Å². The SMILES string of the molecule is CCCNCC1(CN(Cc2cccs2)C2CC2)CCOC1. The molecule has 21 heavy (non-hydrogen) atoms. The molecule has 0 radical (unpaired) electrons. The van der Waals surface area contributed by atoms with Gasteiger partial charge in [-0.1, -0.05) is 13.0 Å². The summed E-state index contributed by atoms with van der Waals surface area (Å²) in [6.45, 7) is 8.63. The number of ether oxygens (including phenoxy) is 1. The van der Waals surface area contributed by atoms with Gasteiger partial charge in [0.25, 0.3) is 0 Å². The van der Waals surface area contributed by atoms with E-state index in [0.29, 0.717) is 5.41 Å². The molecule has 2 aliphatic rings. The second-order valence-corrected chi connectivity index (χ2v) is 7.73. The quantitative estimate of drug-likeness (QED) is 0.709. The number of nitrogens with one attached hydrogen (secondary N) is 1. The first-order valence-electron chi connectivity index (χ1n) is 8.36. The zero-order chi connectivity index (χ0) is 14.5. The fraction of sp³-hybridized carbons (Fsp3) is 0.765. The van der Waals surface area contributed by atoms with Crippen molar-refractivity contribution in [1.29, 1.82) is 0 Å². The second-order valence-electron chi connectivity index (χ2n) is 6.69. The highest BCUT2D eigenvalue weighted by Gasteiger charge is 2.40. The van der Waals surface area contributed by atoms with Crippen LogP contribution in [-0.4, -0.2) is 43.8 Å². The van der Waals surface area contributed by atoms with Crippen LogP contribution in [0.25, 0.3) is 0 Å². The summed E-state index contributed by atoms with van der Waals surface area (Å²) in [5.74, 6) is 0. The summed E-state index contributed by atoms with van der Waals surface area (Å²) in [5, 5.41) is 5.83. The van der Waals surface area contributed by atoms with Crippen molar-refractivity contribution in [2.24, 2.45) is 5.41 Å². The average Bonchev–Trinajstić information content (AvgIpc) is 3.02. The fourth-order valence-electron chi connectivity index (χ4n) is 3.29. The number of thiophene rings is 1. The van der Waals surface area contributed by atoms with Crippen molar-refractivity contribution in [3.8, 4) is 0 Å². The van der Waals surface area contributed by atoms with Crippen LogP contribution in [0.15, 0.2) is 17.5 Å². The summed E-state index contributed by atoms with van der Waals surface area (Å²) in [6.07, 6.45) is 5.17.